The van der Waals surface area contributed by atoms with Crippen molar-refractivity contribution in [3.8, 4) is 0 Å². The molecule has 0 amide bonds. The molecule has 0 radical (unpaired) electrons. The lowest BCUT2D eigenvalue weighted by molar-refractivity contribution is 0.105. The molecule has 19 heavy (non-hydrogen) atoms. The quantitative estimate of drug-likeness (QED) is 0.806. The molecule has 1 aliphatic rings. The van der Waals surface area contributed by atoms with Gasteiger partial charge in [-0.1, -0.05) is 0 Å². The number of hydrogen-bond donors (Lipinski definition) is 1. The molecule has 2 atom stereocenters. The maximum absolute atomic E-state index is 11.9. The zero-order valence-corrected chi connectivity index (χ0v) is 11.7. The molecular weight excluding hydrogens is 246 g/mol. The van der Waals surface area contributed by atoms with Crippen molar-refractivity contribution in [1.82, 2.24) is 14.5 Å². The molecule has 0 saturated carbocycles. The Labute approximate surface area is 112 Å². The maximum atomic E-state index is 11.9. The number of rotatable bonds is 4. The molecule has 1 fully saturated rings. The summed E-state index contributed by atoms with van der Waals surface area (Å²) in [7, 11) is 3.15. The third kappa shape index (κ3) is 2.96. The second kappa shape index (κ2) is 5.71. The number of nitrogens with one attached hydrogen (secondary N) is 1. The minimum Gasteiger partial charge on any atom is -0.378 e. The minimum atomic E-state index is -0.299. The van der Waals surface area contributed by atoms with Gasteiger partial charge in [-0.3, -0.25) is 9.36 Å². The summed E-state index contributed by atoms with van der Waals surface area (Å²) in [5, 5.41) is 3.28. The first-order valence-electron chi connectivity index (χ1n) is 6.58. The van der Waals surface area contributed by atoms with E-state index >= 15 is 0 Å². The summed E-state index contributed by atoms with van der Waals surface area (Å²) >= 11 is 0. The SMILES string of the molecule is CC1OCCC1CNCc1cn(C)c(=O)n(C)c1=O. The molecule has 6 heteroatoms. The van der Waals surface area contributed by atoms with Crippen LogP contribution < -0.4 is 16.6 Å². The van der Waals surface area contributed by atoms with Crippen molar-refractivity contribution in [2.24, 2.45) is 20.0 Å². The molecule has 0 aliphatic carbocycles. The third-order valence-corrected chi connectivity index (χ3v) is 3.77. The lowest BCUT2D eigenvalue weighted by Crippen LogP contribution is -2.40. The Balaban J connectivity index is 2.00. The van der Waals surface area contributed by atoms with Crippen LogP contribution in [0.2, 0.25) is 0 Å². The second-order valence-electron chi connectivity index (χ2n) is 5.17. The van der Waals surface area contributed by atoms with Crippen molar-refractivity contribution in [2.45, 2.75) is 26.0 Å². The number of aromatic nitrogens is 2. The number of nitrogens with zero attached hydrogens (tertiary/aromatic N) is 2. The van der Waals surface area contributed by atoms with Crippen LogP contribution in [0.15, 0.2) is 15.8 Å². The van der Waals surface area contributed by atoms with Crippen LogP contribution in [0.25, 0.3) is 0 Å². The molecular formula is C13H21N3O3. The Morgan fingerprint density at radius 3 is 2.79 bits per heavy atom. The van der Waals surface area contributed by atoms with Gasteiger partial charge in [-0.25, -0.2) is 4.79 Å². The largest absolute Gasteiger partial charge is 0.378 e. The zero-order chi connectivity index (χ0) is 14.0. The summed E-state index contributed by atoms with van der Waals surface area (Å²) in [5.74, 6) is 0.497. The molecule has 2 heterocycles. The summed E-state index contributed by atoms with van der Waals surface area (Å²) in [4.78, 5) is 23.5. The average molecular weight is 267 g/mol. The van der Waals surface area contributed by atoms with Crippen LogP contribution >= 0.6 is 0 Å². The monoisotopic (exact) mass is 267 g/mol. The average Bonchev–Trinajstić information content (AvgIpc) is 2.79. The highest BCUT2D eigenvalue weighted by Crippen LogP contribution is 2.19. The van der Waals surface area contributed by atoms with Crippen molar-refractivity contribution in [3.05, 3.63) is 32.6 Å². The van der Waals surface area contributed by atoms with Crippen LogP contribution in [-0.4, -0.2) is 28.4 Å². The van der Waals surface area contributed by atoms with Gasteiger partial charge in [-0.15, -0.1) is 0 Å². The maximum Gasteiger partial charge on any atom is 0.330 e. The second-order valence-corrected chi connectivity index (χ2v) is 5.17. The summed E-state index contributed by atoms with van der Waals surface area (Å²) in [5.41, 5.74) is 0.0778. The normalized spacial score (nSPS) is 22.9. The third-order valence-electron chi connectivity index (χ3n) is 3.77. The molecule has 0 spiro atoms. The van der Waals surface area contributed by atoms with E-state index in [2.05, 4.69) is 12.2 Å². The van der Waals surface area contributed by atoms with E-state index in [9.17, 15) is 9.59 Å². The zero-order valence-electron chi connectivity index (χ0n) is 11.7. The molecule has 6 nitrogen and oxygen atoms in total. The Morgan fingerprint density at radius 1 is 1.42 bits per heavy atom. The number of hydrogen-bond acceptors (Lipinski definition) is 4. The van der Waals surface area contributed by atoms with Gasteiger partial charge in [0.2, 0.25) is 0 Å². The molecule has 1 saturated heterocycles. The first kappa shape index (κ1) is 14.0. The van der Waals surface area contributed by atoms with Gasteiger partial charge in [0.05, 0.1) is 6.10 Å². The summed E-state index contributed by atoms with van der Waals surface area (Å²) in [6.45, 7) is 4.19. The predicted molar refractivity (Wildman–Crippen MR) is 72.2 cm³/mol. The van der Waals surface area contributed by atoms with Gasteiger partial charge < -0.3 is 14.6 Å². The summed E-state index contributed by atoms with van der Waals surface area (Å²) in [6.07, 6.45) is 2.93. The van der Waals surface area contributed by atoms with Gasteiger partial charge in [-0.05, 0) is 19.3 Å². The molecule has 2 rings (SSSR count). The van der Waals surface area contributed by atoms with E-state index in [0.29, 0.717) is 18.0 Å². The Bertz CT molecular complexity index is 561. The van der Waals surface area contributed by atoms with Crippen molar-refractivity contribution >= 4 is 0 Å². The van der Waals surface area contributed by atoms with E-state index in [0.717, 1.165) is 24.1 Å². The summed E-state index contributed by atoms with van der Waals surface area (Å²) < 4.78 is 8.06. The highest BCUT2D eigenvalue weighted by atomic mass is 16.5. The Morgan fingerprint density at radius 2 is 2.16 bits per heavy atom. The number of aryl methyl sites for hydroxylation is 1. The lowest BCUT2D eigenvalue weighted by atomic mass is 10.0. The van der Waals surface area contributed by atoms with Crippen LogP contribution in [0.4, 0.5) is 0 Å². The van der Waals surface area contributed by atoms with E-state index < -0.39 is 0 Å². The minimum absolute atomic E-state index is 0.230. The molecule has 1 N–H and O–H groups in total. The fourth-order valence-corrected chi connectivity index (χ4v) is 2.44. The van der Waals surface area contributed by atoms with Gasteiger partial charge in [0.15, 0.2) is 0 Å². The lowest BCUT2D eigenvalue weighted by Gasteiger charge is -2.15. The highest BCUT2D eigenvalue weighted by molar-refractivity contribution is 5.05. The van der Waals surface area contributed by atoms with Gasteiger partial charge in [-0.2, -0.15) is 0 Å². The van der Waals surface area contributed by atoms with Crippen LogP contribution in [0, 0.1) is 5.92 Å². The summed E-state index contributed by atoms with van der Waals surface area (Å²) in [6, 6.07) is 0. The van der Waals surface area contributed by atoms with Crippen LogP contribution in [-0.2, 0) is 25.4 Å². The molecule has 0 bridgehead atoms. The molecule has 1 aromatic heterocycles. The van der Waals surface area contributed by atoms with Gasteiger partial charge >= 0.3 is 5.69 Å². The van der Waals surface area contributed by atoms with E-state index in [1.165, 1.54) is 11.6 Å². The van der Waals surface area contributed by atoms with Crippen molar-refractivity contribution in [2.75, 3.05) is 13.2 Å². The molecule has 106 valence electrons. The molecule has 1 aromatic rings. The smallest absolute Gasteiger partial charge is 0.330 e. The number of ether oxygens (including phenoxy) is 1. The van der Waals surface area contributed by atoms with Gasteiger partial charge in [0, 0.05) is 45.6 Å². The predicted octanol–water partition coefficient (Wildman–Crippen LogP) is -0.401. The highest BCUT2D eigenvalue weighted by Gasteiger charge is 2.23. The first-order chi connectivity index (χ1) is 9.00. The first-order valence-corrected chi connectivity index (χ1v) is 6.58. The molecule has 1 aliphatic heterocycles. The van der Waals surface area contributed by atoms with E-state index in [1.807, 2.05) is 0 Å². The molecule has 2 unspecified atom stereocenters. The van der Waals surface area contributed by atoms with E-state index in [-0.39, 0.29) is 17.4 Å². The molecule has 0 aromatic carbocycles. The van der Waals surface area contributed by atoms with Crippen LogP contribution in [0.1, 0.15) is 18.9 Å². The fourth-order valence-electron chi connectivity index (χ4n) is 2.44. The van der Waals surface area contributed by atoms with E-state index in [1.54, 1.807) is 13.2 Å². The van der Waals surface area contributed by atoms with Crippen LogP contribution in [0.3, 0.4) is 0 Å². The Kier molecular flexibility index (Phi) is 4.21. The van der Waals surface area contributed by atoms with Crippen molar-refractivity contribution in [3.63, 3.8) is 0 Å². The van der Waals surface area contributed by atoms with E-state index in [4.69, 9.17) is 4.74 Å². The topological polar surface area (TPSA) is 65.3 Å². The van der Waals surface area contributed by atoms with Gasteiger partial charge in [0.1, 0.15) is 0 Å². The van der Waals surface area contributed by atoms with Gasteiger partial charge in [0.25, 0.3) is 5.56 Å². The van der Waals surface area contributed by atoms with Crippen molar-refractivity contribution in [1.29, 1.82) is 0 Å². The van der Waals surface area contributed by atoms with Crippen LogP contribution in [0.5, 0.6) is 0 Å². The Hall–Kier alpha value is -1.40. The standard InChI is InChI=1S/C13H21N3O3/c1-9-10(4-5-19-9)6-14-7-11-8-15(2)13(18)16(3)12(11)17/h8-10,14H,4-7H2,1-3H3. The fraction of sp³-hybridized carbons (Fsp3) is 0.692. The van der Waals surface area contributed by atoms with Crippen molar-refractivity contribution < 1.29 is 4.74 Å².